The number of alkyl halides is 3. The third-order valence-electron chi connectivity index (χ3n) is 3.26. The van der Waals surface area contributed by atoms with Gasteiger partial charge in [0, 0.05) is 12.6 Å². The number of aromatic nitrogens is 2. The largest absolute Gasteiger partial charge is 0.416 e. The van der Waals surface area contributed by atoms with Gasteiger partial charge in [0.1, 0.15) is 5.69 Å². The Labute approximate surface area is 141 Å². The first kappa shape index (κ1) is 18.5. The number of carbonyl (C=O) groups excluding carboxylic acids is 2. The van der Waals surface area contributed by atoms with Crippen molar-refractivity contribution in [1.29, 1.82) is 0 Å². The van der Waals surface area contributed by atoms with Crippen LogP contribution in [0.1, 0.15) is 46.0 Å². The molecule has 134 valence electrons. The molecule has 3 N–H and O–H groups in total. The summed E-state index contributed by atoms with van der Waals surface area (Å²) < 4.78 is 38.9. The SMILES string of the molecule is CC(C)NC(=O)c1nc[nH]c1C(=O)NCc1ccccc1C(F)(F)F. The number of aromatic amines is 1. The van der Waals surface area contributed by atoms with Crippen molar-refractivity contribution in [1.82, 2.24) is 20.6 Å². The molecule has 1 heterocycles. The molecule has 0 atom stereocenters. The van der Waals surface area contributed by atoms with Crippen molar-refractivity contribution < 1.29 is 22.8 Å². The Morgan fingerprint density at radius 1 is 1.20 bits per heavy atom. The molecule has 0 bridgehead atoms. The Kier molecular flexibility index (Phi) is 5.45. The van der Waals surface area contributed by atoms with E-state index in [1.165, 1.54) is 24.5 Å². The number of hydrogen-bond acceptors (Lipinski definition) is 3. The van der Waals surface area contributed by atoms with E-state index in [0.29, 0.717) is 0 Å². The van der Waals surface area contributed by atoms with Gasteiger partial charge in [-0.2, -0.15) is 13.2 Å². The maximum atomic E-state index is 13.0. The summed E-state index contributed by atoms with van der Waals surface area (Å²) in [5, 5.41) is 4.97. The lowest BCUT2D eigenvalue weighted by atomic mass is 10.1. The summed E-state index contributed by atoms with van der Waals surface area (Å²) in [6.07, 6.45) is -3.34. The van der Waals surface area contributed by atoms with E-state index in [0.717, 1.165) is 6.07 Å². The second-order valence-corrected chi connectivity index (χ2v) is 5.59. The van der Waals surface area contributed by atoms with E-state index < -0.39 is 23.6 Å². The van der Waals surface area contributed by atoms with Gasteiger partial charge >= 0.3 is 6.18 Å². The molecule has 25 heavy (non-hydrogen) atoms. The van der Waals surface area contributed by atoms with Crippen LogP contribution in [0, 0.1) is 0 Å². The summed E-state index contributed by atoms with van der Waals surface area (Å²) in [6, 6.07) is 4.80. The number of imidazole rings is 1. The molecule has 1 aromatic carbocycles. The number of amides is 2. The highest BCUT2D eigenvalue weighted by molar-refractivity contribution is 6.04. The van der Waals surface area contributed by atoms with Crippen LogP contribution >= 0.6 is 0 Å². The van der Waals surface area contributed by atoms with Crippen LogP contribution in [0.3, 0.4) is 0 Å². The smallest absolute Gasteiger partial charge is 0.348 e. The highest BCUT2D eigenvalue weighted by Gasteiger charge is 2.33. The first-order valence-electron chi connectivity index (χ1n) is 7.47. The van der Waals surface area contributed by atoms with Crippen molar-refractivity contribution in [3.8, 4) is 0 Å². The van der Waals surface area contributed by atoms with Gasteiger partial charge < -0.3 is 15.6 Å². The van der Waals surface area contributed by atoms with Gasteiger partial charge in [0.25, 0.3) is 11.8 Å². The van der Waals surface area contributed by atoms with Crippen LogP contribution in [0.5, 0.6) is 0 Å². The van der Waals surface area contributed by atoms with E-state index in [2.05, 4.69) is 20.6 Å². The monoisotopic (exact) mass is 354 g/mol. The summed E-state index contributed by atoms with van der Waals surface area (Å²) in [4.78, 5) is 30.5. The van der Waals surface area contributed by atoms with Crippen molar-refractivity contribution in [2.75, 3.05) is 0 Å². The molecule has 2 rings (SSSR count). The Balaban J connectivity index is 2.13. The zero-order valence-corrected chi connectivity index (χ0v) is 13.6. The molecule has 0 aliphatic rings. The number of H-pyrrole nitrogens is 1. The first-order valence-corrected chi connectivity index (χ1v) is 7.47. The van der Waals surface area contributed by atoms with Gasteiger partial charge in [-0.15, -0.1) is 0 Å². The lowest BCUT2D eigenvalue weighted by molar-refractivity contribution is -0.138. The molecule has 0 unspecified atom stereocenters. The number of hydrogen-bond donors (Lipinski definition) is 3. The highest BCUT2D eigenvalue weighted by Crippen LogP contribution is 2.31. The van der Waals surface area contributed by atoms with Crippen LogP contribution in [-0.4, -0.2) is 27.8 Å². The minimum atomic E-state index is -4.52. The molecule has 2 amide bonds. The molecule has 6 nitrogen and oxygen atoms in total. The maximum absolute atomic E-state index is 13.0. The number of rotatable bonds is 5. The molecule has 1 aromatic heterocycles. The Bertz CT molecular complexity index is 769. The van der Waals surface area contributed by atoms with Gasteiger partial charge in [-0.3, -0.25) is 9.59 Å². The first-order chi connectivity index (χ1) is 11.7. The second-order valence-electron chi connectivity index (χ2n) is 5.59. The molecule has 0 aliphatic carbocycles. The molecule has 0 spiro atoms. The maximum Gasteiger partial charge on any atom is 0.416 e. The minimum absolute atomic E-state index is 0.0731. The van der Waals surface area contributed by atoms with Crippen LogP contribution in [0.15, 0.2) is 30.6 Å². The predicted molar refractivity (Wildman–Crippen MR) is 83.8 cm³/mol. The predicted octanol–water partition coefficient (Wildman–Crippen LogP) is 2.50. The number of carbonyl (C=O) groups is 2. The Hall–Kier alpha value is -2.84. The van der Waals surface area contributed by atoms with E-state index in [4.69, 9.17) is 0 Å². The van der Waals surface area contributed by atoms with Crippen LogP contribution in [0.2, 0.25) is 0 Å². The summed E-state index contributed by atoms with van der Waals surface area (Å²) in [5.74, 6) is -1.26. The van der Waals surface area contributed by atoms with Crippen molar-refractivity contribution in [3.63, 3.8) is 0 Å². The third kappa shape index (κ3) is 4.59. The normalized spacial score (nSPS) is 11.4. The van der Waals surface area contributed by atoms with E-state index in [1.54, 1.807) is 13.8 Å². The summed E-state index contributed by atoms with van der Waals surface area (Å²) in [5.41, 5.74) is -1.12. The van der Waals surface area contributed by atoms with E-state index in [9.17, 15) is 22.8 Å². The Morgan fingerprint density at radius 3 is 2.52 bits per heavy atom. The summed E-state index contributed by atoms with van der Waals surface area (Å²) in [7, 11) is 0. The van der Waals surface area contributed by atoms with E-state index in [-0.39, 0.29) is 29.5 Å². The number of benzene rings is 1. The average molecular weight is 354 g/mol. The van der Waals surface area contributed by atoms with Crippen molar-refractivity contribution in [2.45, 2.75) is 32.6 Å². The Morgan fingerprint density at radius 2 is 1.88 bits per heavy atom. The van der Waals surface area contributed by atoms with Crippen LogP contribution in [-0.2, 0) is 12.7 Å². The van der Waals surface area contributed by atoms with Gasteiger partial charge in [0.15, 0.2) is 5.69 Å². The molecule has 0 aliphatic heterocycles. The fourth-order valence-corrected chi connectivity index (χ4v) is 2.18. The topological polar surface area (TPSA) is 86.9 Å². The van der Waals surface area contributed by atoms with Gasteiger partial charge in [-0.25, -0.2) is 4.98 Å². The molecular weight excluding hydrogens is 337 g/mol. The molecule has 0 radical (unpaired) electrons. The zero-order chi connectivity index (χ0) is 18.6. The van der Waals surface area contributed by atoms with Crippen LogP contribution in [0.4, 0.5) is 13.2 Å². The van der Waals surface area contributed by atoms with Gasteiger partial charge in [0.2, 0.25) is 0 Å². The quantitative estimate of drug-likeness (QED) is 0.771. The number of nitrogens with zero attached hydrogens (tertiary/aromatic N) is 1. The zero-order valence-electron chi connectivity index (χ0n) is 13.6. The highest BCUT2D eigenvalue weighted by atomic mass is 19.4. The van der Waals surface area contributed by atoms with Crippen molar-refractivity contribution in [2.24, 2.45) is 0 Å². The molecule has 9 heteroatoms. The lowest BCUT2D eigenvalue weighted by Crippen LogP contribution is -2.33. The lowest BCUT2D eigenvalue weighted by Gasteiger charge is -2.13. The number of halogens is 3. The summed E-state index contributed by atoms with van der Waals surface area (Å²) in [6.45, 7) is 3.16. The summed E-state index contributed by atoms with van der Waals surface area (Å²) >= 11 is 0. The van der Waals surface area contributed by atoms with Gasteiger partial charge in [-0.1, -0.05) is 18.2 Å². The fraction of sp³-hybridized carbons (Fsp3) is 0.312. The molecular formula is C16H17F3N4O2. The average Bonchev–Trinajstić information content (AvgIpc) is 3.01. The van der Waals surface area contributed by atoms with Gasteiger partial charge in [0.05, 0.1) is 11.9 Å². The van der Waals surface area contributed by atoms with Crippen LogP contribution < -0.4 is 10.6 Å². The van der Waals surface area contributed by atoms with E-state index >= 15 is 0 Å². The molecule has 0 saturated carbocycles. The van der Waals surface area contributed by atoms with Crippen molar-refractivity contribution >= 4 is 11.8 Å². The molecule has 0 saturated heterocycles. The van der Waals surface area contributed by atoms with Crippen LogP contribution in [0.25, 0.3) is 0 Å². The number of nitrogens with one attached hydrogen (secondary N) is 3. The van der Waals surface area contributed by atoms with Crippen molar-refractivity contribution in [3.05, 3.63) is 53.1 Å². The fourth-order valence-electron chi connectivity index (χ4n) is 2.18. The van der Waals surface area contributed by atoms with E-state index in [1.807, 2.05) is 0 Å². The third-order valence-corrected chi connectivity index (χ3v) is 3.26. The molecule has 0 fully saturated rings. The minimum Gasteiger partial charge on any atom is -0.348 e. The standard InChI is InChI=1S/C16H17F3N4O2/c1-9(2)23-15(25)13-12(21-8-22-13)14(24)20-7-10-5-3-4-6-11(10)16(17,18)19/h3-6,8-9H,7H2,1-2H3,(H,20,24)(H,21,22)(H,23,25). The molecule has 2 aromatic rings. The second kappa shape index (κ2) is 7.37. The van der Waals surface area contributed by atoms with Gasteiger partial charge in [-0.05, 0) is 25.5 Å².